The van der Waals surface area contributed by atoms with Gasteiger partial charge in [-0.3, -0.25) is 24.9 Å². The second-order valence-electron chi connectivity index (χ2n) is 7.51. The molecule has 0 saturated heterocycles. The van der Waals surface area contributed by atoms with Gasteiger partial charge in [-0.1, -0.05) is 34.6 Å². The van der Waals surface area contributed by atoms with Crippen molar-refractivity contribution in [2.45, 2.75) is 0 Å². The quantitative estimate of drug-likeness (QED) is 0.470. The third-order valence-electron chi connectivity index (χ3n) is 5.62. The van der Waals surface area contributed by atoms with Gasteiger partial charge in [-0.2, -0.15) is 0 Å². The van der Waals surface area contributed by atoms with Crippen molar-refractivity contribution in [1.29, 1.82) is 0 Å². The predicted molar refractivity (Wildman–Crippen MR) is 127 cm³/mol. The number of rotatable bonds is 3. The van der Waals surface area contributed by atoms with Crippen molar-refractivity contribution in [3.63, 3.8) is 0 Å². The highest BCUT2D eigenvalue weighted by atomic mass is 15.0. The van der Waals surface area contributed by atoms with Crippen molar-refractivity contribution in [3.05, 3.63) is 79.4 Å². The van der Waals surface area contributed by atoms with E-state index in [0.29, 0.717) is 0 Å². The number of anilines is 1. The second kappa shape index (κ2) is 7.29. The summed E-state index contributed by atoms with van der Waals surface area (Å²) in [6.07, 6.45) is 8.79. The summed E-state index contributed by atoms with van der Waals surface area (Å²) in [6.45, 7) is 0.753. The third-order valence-corrected chi connectivity index (χ3v) is 5.62. The van der Waals surface area contributed by atoms with Crippen LogP contribution in [0.1, 0.15) is 0 Å². The van der Waals surface area contributed by atoms with Gasteiger partial charge in [0.2, 0.25) is 6.71 Å². The Morgan fingerprint density at radius 2 is 1.16 bits per heavy atom. The molecule has 0 fully saturated rings. The van der Waals surface area contributed by atoms with Gasteiger partial charge in [0.05, 0.1) is 40.0 Å². The van der Waals surface area contributed by atoms with E-state index >= 15 is 0 Å². The highest BCUT2D eigenvalue weighted by Gasteiger charge is 2.24. The lowest BCUT2D eigenvalue weighted by molar-refractivity contribution is 1.30. The molecule has 5 aromatic rings. The van der Waals surface area contributed by atoms with Crippen LogP contribution >= 0.6 is 0 Å². The minimum absolute atomic E-state index is 0.000221. The molecule has 0 unspecified atom stereocenters. The SMILES string of the molecule is C1=Nc2cc(B(c3ccc4nccnc4c3)c3ccc4nccnc4c3)ccc2NC1. The van der Waals surface area contributed by atoms with E-state index in [9.17, 15) is 0 Å². The number of nitrogens with zero attached hydrogens (tertiary/aromatic N) is 5. The molecule has 3 aromatic carbocycles. The van der Waals surface area contributed by atoms with Crippen molar-refractivity contribution in [3.8, 4) is 0 Å². The number of hydrogen-bond donors (Lipinski definition) is 1. The van der Waals surface area contributed by atoms with Crippen molar-refractivity contribution in [1.82, 2.24) is 19.9 Å². The average molecular weight is 400 g/mol. The summed E-state index contributed by atoms with van der Waals surface area (Å²) in [7, 11) is 0. The summed E-state index contributed by atoms with van der Waals surface area (Å²) >= 11 is 0. The van der Waals surface area contributed by atoms with Crippen LogP contribution in [0.25, 0.3) is 22.1 Å². The molecule has 3 heterocycles. The molecule has 6 rings (SSSR count). The monoisotopic (exact) mass is 400 g/mol. The molecule has 1 aliphatic heterocycles. The normalized spacial score (nSPS) is 12.5. The van der Waals surface area contributed by atoms with E-state index < -0.39 is 0 Å². The van der Waals surface area contributed by atoms with Gasteiger partial charge in [-0.15, -0.1) is 0 Å². The topological polar surface area (TPSA) is 76.0 Å². The molecule has 0 atom stereocenters. The van der Waals surface area contributed by atoms with Gasteiger partial charge in [-0.25, -0.2) is 0 Å². The van der Waals surface area contributed by atoms with E-state index in [-0.39, 0.29) is 6.71 Å². The fraction of sp³-hybridized carbons (Fsp3) is 0.0417. The first kappa shape index (κ1) is 17.7. The first-order valence-corrected chi connectivity index (χ1v) is 10.2. The largest absolute Gasteiger partial charge is 0.378 e. The van der Waals surface area contributed by atoms with Crippen LogP contribution in [-0.4, -0.2) is 39.4 Å². The van der Waals surface area contributed by atoms with Gasteiger partial charge in [0.15, 0.2) is 0 Å². The molecule has 0 aliphatic carbocycles. The summed E-state index contributed by atoms with van der Waals surface area (Å²) < 4.78 is 0. The lowest BCUT2D eigenvalue weighted by Gasteiger charge is -2.19. The van der Waals surface area contributed by atoms with Crippen LogP contribution in [0.5, 0.6) is 0 Å². The Hall–Kier alpha value is -4.13. The van der Waals surface area contributed by atoms with Gasteiger partial charge in [0.1, 0.15) is 0 Å². The maximum absolute atomic E-state index is 4.59. The molecule has 1 N–H and O–H groups in total. The van der Waals surface area contributed by atoms with E-state index in [0.717, 1.165) is 56.4 Å². The zero-order valence-electron chi connectivity index (χ0n) is 16.6. The summed E-state index contributed by atoms with van der Waals surface area (Å²) in [5, 5.41) is 3.37. The predicted octanol–water partition coefficient (Wildman–Crippen LogP) is 2.22. The second-order valence-corrected chi connectivity index (χ2v) is 7.51. The molecule has 31 heavy (non-hydrogen) atoms. The van der Waals surface area contributed by atoms with Gasteiger partial charge < -0.3 is 5.32 Å². The molecular weight excluding hydrogens is 383 g/mol. The lowest BCUT2D eigenvalue weighted by Crippen LogP contribution is -2.52. The molecular formula is C24H17BN6. The molecule has 1 aliphatic rings. The maximum Gasteiger partial charge on any atom is 0.241 e. The molecule has 0 radical (unpaired) electrons. The summed E-state index contributed by atoms with van der Waals surface area (Å²) in [4.78, 5) is 22.5. The summed E-state index contributed by atoms with van der Waals surface area (Å²) in [5.74, 6) is 0. The minimum Gasteiger partial charge on any atom is -0.378 e. The van der Waals surface area contributed by atoms with Gasteiger partial charge in [-0.05, 0) is 36.4 Å². The highest BCUT2D eigenvalue weighted by molar-refractivity contribution is 6.95. The Labute approximate surface area is 179 Å². The molecule has 146 valence electrons. The fourth-order valence-electron chi connectivity index (χ4n) is 4.18. The third kappa shape index (κ3) is 3.20. The van der Waals surface area contributed by atoms with Crippen molar-refractivity contribution >= 4 is 62.8 Å². The van der Waals surface area contributed by atoms with Crippen molar-refractivity contribution in [2.75, 3.05) is 11.9 Å². The minimum atomic E-state index is 0.000221. The fourth-order valence-corrected chi connectivity index (χ4v) is 4.18. The number of benzene rings is 3. The Morgan fingerprint density at radius 3 is 1.81 bits per heavy atom. The molecule has 0 bridgehead atoms. The Balaban J connectivity index is 1.56. The summed E-state index contributed by atoms with van der Waals surface area (Å²) in [6, 6.07) is 19.0. The number of fused-ring (bicyclic) bond motifs is 3. The molecule has 6 nitrogen and oxygen atoms in total. The maximum atomic E-state index is 4.59. The van der Waals surface area contributed by atoms with Crippen molar-refractivity contribution in [2.24, 2.45) is 4.99 Å². The molecule has 0 amide bonds. The van der Waals surface area contributed by atoms with Gasteiger partial charge >= 0.3 is 0 Å². The highest BCUT2D eigenvalue weighted by Crippen LogP contribution is 2.25. The van der Waals surface area contributed by atoms with E-state index in [1.807, 2.05) is 18.3 Å². The Bertz CT molecular complexity index is 1390. The van der Waals surface area contributed by atoms with Crippen LogP contribution in [-0.2, 0) is 0 Å². The Kier molecular flexibility index (Phi) is 4.16. The molecule has 7 heteroatoms. The number of nitrogens with one attached hydrogen (secondary N) is 1. The smallest absolute Gasteiger partial charge is 0.241 e. The number of aliphatic imine (C=N–C) groups is 1. The van der Waals surface area contributed by atoms with Crippen LogP contribution in [0.3, 0.4) is 0 Å². The standard InChI is InChI=1S/C24H17BN6/c1-4-19-22(29-10-7-26-19)13-16(1)25(17-2-5-20-23(14-17)30-11-8-27-20)18-3-6-21-24(15-18)31-12-9-28-21/h1-8,10-15,28H,9H2. The van der Waals surface area contributed by atoms with Crippen LogP contribution in [0.2, 0.25) is 0 Å². The summed E-state index contributed by atoms with van der Waals surface area (Å²) in [5.41, 5.74) is 8.97. The van der Waals surface area contributed by atoms with Gasteiger partial charge in [0.25, 0.3) is 0 Å². The number of aromatic nitrogens is 4. The van der Waals surface area contributed by atoms with Crippen LogP contribution in [0, 0.1) is 0 Å². The van der Waals surface area contributed by atoms with E-state index in [2.05, 4.69) is 72.7 Å². The van der Waals surface area contributed by atoms with E-state index in [4.69, 9.17) is 0 Å². The zero-order valence-corrected chi connectivity index (χ0v) is 16.6. The first-order valence-electron chi connectivity index (χ1n) is 10.2. The molecule has 2 aromatic heterocycles. The van der Waals surface area contributed by atoms with Crippen LogP contribution < -0.4 is 21.7 Å². The van der Waals surface area contributed by atoms with E-state index in [1.54, 1.807) is 24.8 Å². The molecule has 0 saturated carbocycles. The zero-order chi connectivity index (χ0) is 20.6. The Morgan fingerprint density at radius 1 is 0.613 bits per heavy atom. The van der Waals surface area contributed by atoms with Gasteiger partial charge in [0, 0.05) is 31.0 Å². The first-order chi connectivity index (χ1) is 15.3. The van der Waals surface area contributed by atoms with E-state index in [1.165, 1.54) is 0 Å². The van der Waals surface area contributed by atoms with Crippen molar-refractivity contribution < 1.29 is 0 Å². The van der Waals surface area contributed by atoms with Crippen LogP contribution in [0.4, 0.5) is 11.4 Å². The lowest BCUT2D eigenvalue weighted by atomic mass is 9.36. The van der Waals surface area contributed by atoms with Crippen LogP contribution in [0.15, 0.2) is 84.4 Å². The molecule has 0 spiro atoms. The average Bonchev–Trinajstić information content (AvgIpc) is 2.84. The number of hydrogen-bond acceptors (Lipinski definition) is 6.